The van der Waals surface area contributed by atoms with Crippen LogP contribution in [0.15, 0.2) is 54.2 Å². The van der Waals surface area contributed by atoms with E-state index in [1.807, 2.05) is 24.5 Å². The van der Waals surface area contributed by atoms with Crippen LogP contribution in [0.4, 0.5) is 5.00 Å². The van der Waals surface area contributed by atoms with Crippen molar-refractivity contribution in [1.29, 1.82) is 0 Å². The Morgan fingerprint density at radius 2 is 1.64 bits per heavy atom. The molecule has 126 valence electrons. The van der Waals surface area contributed by atoms with Gasteiger partial charge in [-0.1, -0.05) is 24.3 Å². The molecule has 0 atom stereocenters. The van der Waals surface area contributed by atoms with Gasteiger partial charge in [-0.05, 0) is 28.8 Å². The molecule has 25 heavy (non-hydrogen) atoms. The molecule has 2 aliphatic rings. The van der Waals surface area contributed by atoms with Crippen LogP contribution in [-0.4, -0.2) is 31.3 Å². The second-order valence-corrected chi connectivity index (χ2v) is 7.25. The first-order chi connectivity index (χ1) is 12.4. The lowest BCUT2D eigenvalue weighted by molar-refractivity contribution is 0.173. The number of hydrogen-bond donors (Lipinski definition) is 0. The number of pyridine rings is 1. The molecule has 0 bridgehead atoms. The van der Waals surface area contributed by atoms with Gasteiger partial charge in [0.05, 0.1) is 0 Å². The summed E-state index contributed by atoms with van der Waals surface area (Å²) in [5, 5.41) is 3.26. The lowest BCUT2D eigenvalue weighted by Gasteiger charge is -2.41. The van der Waals surface area contributed by atoms with E-state index < -0.39 is 0 Å². The van der Waals surface area contributed by atoms with E-state index in [4.69, 9.17) is 9.47 Å². The standard InChI is InChI=1S/C20H18N2O2S/c1-3-15(4-2-14(1)16-5-7-21-8-6-16)17-11-22(12-17)20-19-18(13-25-20)23-9-10-24-19/h1-8,13,17H,9-12H2. The summed E-state index contributed by atoms with van der Waals surface area (Å²) in [5.41, 5.74) is 3.84. The molecule has 5 rings (SSSR count). The number of nitrogens with zero attached hydrogens (tertiary/aromatic N) is 2. The number of benzene rings is 1. The topological polar surface area (TPSA) is 34.6 Å². The Labute approximate surface area is 150 Å². The number of thiophene rings is 1. The molecular weight excluding hydrogens is 332 g/mol. The molecule has 1 fully saturated rings. The molecular formula is C20H18N2O2S. The van der Waals surface area contributed by atoms with E-state index in [0.717, 1.165) is 24.6 Å². The van der Waals surface area contributed by atoms with Crippen LogP contribution in [0.5, 0.6) is 11.5 Å². The first kappa shape index (κ1) is 14.8. The van der Waals surface area contributed by atoms with Crippen molar-refractivity contribution in [3.63, 3.8) is 0 Å². The Bertz CT molecular complexity index is 870. The molecule has 4 nitrogen and oxygen atoms in total. The fourth-order valence-corrected chi connectivity index (χ4v) is 4.37. The molecule has 1 saturated heterocycles. The third kappa shape index (κ3) is 2.65. The SMILES string of the molecule is c1cc(-c2ccc(C3CN(c4scc5c4OCCO5)C3)cc2)ccn1. The van der Waals surface area contributed by atoms with Crippen molar-refractivity contribution < 1.29 is 9.47 Å². The Kier molecular flexibility index (Phi) is 3.59. The summed E-state index contributed by atoms with van der Waals surface area (Å²) in [7, 11) is 0. The molecule has 2 aromatic heterocycles. The quantitative estimate of drug-likeness (QED) is 0.710. The number of ether oxygens (including phenoxy) is 2. The first-order valence-electron chi connectivity index (χ1n) is 8.51. The van der Waals surface area contributed by atoms with Crippen LogP contribution in [0.3, 0.4) is 0 Å². The summed E-state index contributed by atoms with van der Waals surface area (Å²) in [6.07, 6.45) is 3.67. The second-order valence-electron chi connectivity index (χ2n) is 6.39. The van der Waals surface area contributed by atoms with Gasteiger partial charge < -0.3 is 14.4 Å². The molecule has 2 aliphatic heterocycles. The zero-order valence-electron chi connectivity index (χ0n) is 13.7. The van der Waals surface area contributed by atoms with E-state index in [9.17, 15) is 0 Å². The van der Waals surface area contributed by atoms with Crippen LogP contribution in [0.2, 0.25) is 0 Å². The van der Waals surface area contributed by atoms with Gasteiger partial charge >= 0.3 is 0 Å². The maximum Gasteiger partial charge on any atom is 0.196 e. The van der Waals surface area contributed by atoms with E-state index in [1.54, 1.807) is 11.3 Å². The van der Waals surface area contributed by atoms with E-state index in [1.165, 1.54) is 21.7 Å². The van der Waals surface area contributed by atoms with Gasteiger partial charge in [0.15, 0.2) is 11.5 Å². The molecule has 4 heterocycles. The lowest BCUT2D eigenvalue weighted by Crippen LogP contribution is -2.44. The smallest absolute Gasteiger partial charge is 0.196 e. The van der Waals surface area contributed by atoms with Gasteiger partial charge in [-0.3, -0.25) is 4.98 Å². The number of hydrogen-bond acceptors (Lipinski definition) is 5. The average Bonchev–Trinajstić information content (AvgIpc) is 3.06. The third-order valence-electron chi connectivity index (χ3n) is 4.85. The highest BCUT2D eigenvalue weighted by molar-refractivity contribution is 7.15. The van der Waals surface area contributed by atoms with E-state index in [2.05, 4.69) is 39.5 Å². The molecule has 3 aromatic rings. The Hall–Kier alpha value is -2.53. The average molecular weight is 350 g/mol. The fraction of sp³-hybridized carbons (Fsp3) is 0.250. The number of aromatic nitrogens is 1. The van der Waals surface area contributed by atoms with Gasteiger partial charge in [0.2, 0.25) is 0 Å². The predicted molar refractivity (Wildman–Crippen MR) is 99.9 cm³/mol. The fourth-order valence-electron chi connectivity index (χ4n) is 3.42. The van der Waals surface area contributed by atoms with Crippen LogP contribution >= 0.6 is 11.3 Å². The van der Waals surface area contributed by atoms with Gasteiger partial charge in [-0.2, -0.15) is 0 Å². The van der Waals surface area contributed by atoms with E-state index >= 15 is 0 Å². The van der Waals surface area contributed by atoms with Crippen LogP contribution in [0.25, 0.3) is 11.1 Å². The summed E-state index contributed by atoms with van der Waals surface area (Å²) in [6, 6.07) is 13.0. The highest BCUT2D eigenvalue weighted by Crippen LogP contribution is 2.48. The number of rotatable bonds is 3. The Morgan fingerprint density at radius 3 is 2.44 bits per heavy atom. The monoisotopic (exact) mass is 350 g/mol. The van der Waals surface area contributed by atoms with Crippen LogP contribution in [0.1, 0.15) is 11.5 Å². The molecule has 0 amide bonds. The number of anilines is 1. The minimum atomic E-state index is 0.578. The van der Waals surface area contributed by atoms with E-state index in [-0.39, 0.29) is 0 Å². The first-order valence-corrected chi connectivity index (χ1v) is 9.39. The molecule has 0 radical (unpaired) electrons. The maximum atomic E-state index is 5.80. The van der Waals surface area contributed by atoms with E-state index in [0.29, 0.717) is 19.1 Å². The van der Waals surface area contributed by atoms with Crippen molar-refractivity contribution in [3.05, 3.63) is 59.7 Å². The molecule has 0 spiro atoms. The van der Waals surface area contributed by atoms with Crippen LogP contribution in [-0.2, 0) is 0 Å². The van der Waals surface area contributed by atoms with Gasteiger partial charge in [-0.25, -0.2) is 0 Å². The molecule has 1 aromatic carbocycles. The van der Waals surface area contributed by atoms with Gasteiger partial charge in [0.25, 0.3) is 0 Å². The van der Waals surface area contributed by atoms with Gasteiger partial charge in [-0.15, -0.1) is 11.3 Å². The minimum absolute atomic E-state index is 0.578. The third-order valence-corrected chi connectivity index (χ3v) is 5.85. The molecule has 5 heteroatoms. The highest BCUT2D eigenvalue weighted by Gasteiger charge is 2.33. The largest absolute Gasteiger partial charge is 0.485 e. The van der Waals surface area contributed by atoms with Crippen molar-refractivity contribution in [1.82, 2.24) is 4.98 Å². The normalized spacial score (nSPS) is 16.6. The van der Waals surface area contributed by atoms with Crippen molar-refractivity contribution in [2.24, 2.45) is 0 Å². The van der Waals surface area contributed by atoms with Crippen molar-refractivity contribution in [2.75, 3.05) is 31.2 Å². The van der Waals surface area contributed by atoms with Crippen LogP contribution < -0.4 is 14.4 Å². The number of fused-ring (bicyclic) bond motifs is 1. The predicted octanol–water partition coefficient (Wildman–Crippen LogP) is 4.19. The van der Waals surface area contributed by atoms with Crippen molar-refractivity contribution in [3.8, 4) is 22.6 Å². The summed E-state index contributed by atoms with van der Waals surface area (Å²) < 4.78 is 11.4. The molecule has 0 saturated carbocycles. The molecule has 0 unspecified atom stereocenters. The van der Waals surface area contributed by atoms with Crippen LogP contribution in [0, 0.1) is 0 Å². The van der Waals surface area contributed by atoms with Crippen molar-refractivity contribution >= 4 is 16.3 Å². The summed E-state index contributed by atoms with van der Waals surface area (Å²) in [5.74, 6) is 2.41. The van der Waals surface area contributed by atoms with Crippen molar-refractivity contribution in [2.45, 2.75) is 5.92 Å². The molecule has 0 aliphatic carbocycles. The second kappa shape index (κ2) is 6.08. The maximum absolute atomic E-state index is 5.80. The highest BCUT2D eigenvalue weighted by atomic mass is 32.1. The minimum Gasteiger partial charge on any atom is -0.485 e. The molecule has 0 N–H and O–H groups in total. The summed E-state index contributed by atoms with van der Waals surface area (Å²) in [6.45, 7) is 3.36. The van der Waals surface area contributed by atoms with Gasteiger partial charge in [0, 0.05) is 36.8 Å². The Morgan fingerprint density at radius 1 is 0.920 bits per heavy atom. The zero-order valence-corrected chi connectivity index (χ0v) is 14.5. The summed E-state index contributed by atoms with van der Waals surface area (Å²) >= 11 is 1.72. The zero-order chi connectivity index (χ0) is 16.6. The lowest BCUT2D eigenvalue weighted by atomic mass is 9.90. The summed E-state index contributed by atoms with van der Waals surface area (Å²) in [4.78, 5) is 6.47. The Balaban J connectivity index is 1.28. The van der Waals surface area contributed by atoms with Gasteiger partial charge in [0.1, 0.15) is 18.2 Å².